The second-order valence-corrected chi connectivity index (χ2v) is 8.19. The first-order chi connectivity index (χ1) is 14.0. The van der Waals surface area contributed by atoms with Gasteiger partial charge in [-0.1, -0.05) is 26.0 Å². The average Bonchev–Trinajstić information content (AvgIpc) is 3.08. The number of alkyl halides is 3. The number of carbonyl (C=O) groups is 1. The minimum atomic E-state index is -5.08. The van der Waals surface area contributed by atoms with Crippen molar-refractivity contribution in [1.29, 1.82) is 0 Å². The minimum absolute atomic E-state index is 0.221. The Morgan fingerprint density at radius 3 is 2.43 bits per heavy atom. The summed E-state index contributed by atoms with van der Waals surface area (Å²) in [6, 6.07) is 8.33. The second kappa shape index (κ2) is 8.29. The lowest BCUT2D eigenvalue weighted by Gasteiger charge is -2.44. The first kappa shape index (κ1) is 22.1. The summed E-state index contributed by atoms with van der Waals surface area (Å²) >= 11 is 0. The number of carboxylic acid groups (broad SMARTS) is 1. The molecule has 1 spiro atoms. The smallest absolute Gasteiger partial charge is 0.480 e. The number of aliphatic carboxylic acids is 1. The zero-order chi connectivity index (χ0) is 22.1. The summed E-state index contributed by atoms with van der Waals surface area (Å²) in [6.45, 7) is 7.63. The van der Waals surface area contributed by atoms with E-state index in [0.29, 0.717) is 5.92 Å². The molecule has 0 unspecified atom stereocenters. The van der Waals surface area contributed by atoms with Crippen LogP contribution in [0.1, 0.15) is 32.4 Å². The molecule has 0 bridgehead atoms. The van der Waals surface area contributed by atoms with Gasteiger partial charge in [-0.15, -0.1) is 0 Å². The Bertz CT molecular complexity index is 900. The van der Waals surface area contributed by atoms with Crippen LogP contribution in [0.25, 0.3) is 11.3 Å². The molecule has 1 aromatic carbocycles. The van der Waals surface area contributed by atoms with Crippen molar-refractivity contribution in [3.63, 3.8) is 0 Å². The molecule has 0 saturated carbocycles. The van der Waals surface area contributed by atoms with Gasteiger partial charge in [-0.05, 0) is 25.1 Å². The van der Waals surface area contributed by atoms with Gasteiger partial charge in [0.15, 0.2) is 5.60 Å². The number of piperidine rings is 1. The number of imidazole rings is 1. The van der Waals surface area contributed by atoms with Crippen molar-refractivity contribution >= 4 is 5.97 Å². The predicted molar refractivity (Wildman–Crippen MR) is 105 cm³/mol. The van der Waals surface area contributed by atoms with Crippen molar-refractivity contribution in [3.05, 3.63) is 36.3 Å². The summed E-state index contributed by atoms with van der Waals surface area (Å²) in [5.41, 5.74) is 3.33. The molecule has 3 heterocycles. The lowest BCUT2D eigenvalue weighted by atomic mass is 9.83. The third-order valence-electron chi connectivity index (χ3n) is 5.32. The molecule has 2 aliphatic heterocycles. The van der Waals surface area contributed by atoms with Crippen LogP contribution in [0, 0.1) is 5.92 Å². The zero-order valence-corrected chi connectivity index (χ0v) is 17.2. The number of likely N-dealkylation sites (tertiary alicyclic amines) is 1. The van der Waals surface area contributed by atoms with Crippen molar-refractivity contribution < 1.29 is 27.8 Å². The zero-order valence-electron chi connectivity index (χ0n) is 17.2. The maximum atomic E-state index is 10.6. The Labute approximate surface area is 173 Å². The molecule has 1 fully saturated rings. The first-order valence-corrected chi connectivity index (χ1v) is 9.86. The van der Waals surface area contributed by atoms with Gasteiger partial charge in [-0.3, -0.25) is 0 Å². The molecular formula is C21H26F3N3O3. The van der Waals surface area contributed by atoms with E-state index >= 15 is 0 Å². The monoisotopic (exact) mass is 425 g/mol. The molecule has 1 saturated heterocycles. The Balaban J connectivity index is 0.000000318. The summed E-state index contributed by atoms with van der Waals surface area (Å²) in [4.78, 5) is 16.1. The molecule has 4 rings (SSSR count). The van der Waals surface area contributed by atoms with E-state index in [2.05, 4.69) is 54.6 Å². The molecule has 9 heteroatoms. The average molecular weight is 425 g/mol. The molecule has 30 heavy (non-hydrogen) atoms. The van der Waals surface area contributed by atoms with Crippen LogP contribution in [0.2, 0.25) is 0 Å². The van der Waals surface area contributed by atoms with E-state index in [-0.39, 0.29) is 5.60 Å². The Morgan fingerprint density at radius 2 is 1.87 bits per heavy atom. The molecule has 2 aromatic rings. The summed E-state index contributed by atoms with van der Waals surface area (Å²) in [6.07, 6.45) is -1.03. The third kappa shape index (κ3) is 4.45. The normalized spacial score (nSPS) is 17.6. The number of aromatic nitrogens is 2. The maximum Gasteiger partial charge on any atom is 0.490 e. The van der Waals surface area contributed by atoms with Gasteiger partial charge in [0.1, 0.15) is 5.75 Å². The number of nitrogens with zero attached hydrogens (tertiary/aromatic N) is 3. The molecule has 0 amide bonds. The number of hydrogen-bond donors (Lipinski definition) is 1. The van der Waals surface area contributed by atoms with Gasteiger partial charge in [0.25, 0.3) is 0 Å². The quantitative estimate of drug-likeness (QED) is 0.783. The van der Waals surface area contributed by atoms with E-state index in [1.807, 2.05) is 6.33 Å². The van der Waals surface area contributed by atoms with Crippen molar-refractivity contribution in [2.24, 2.45) is 5.92 Å². The molecule has 1 aromatic heterocycles. The topological polar surface area (TPSA) is 67.6 Å². The highest BCUT2D eigenvalue weighted by Gasteiger charge is 2.46. The highest BCUT2D eigenvalue weighted by molar-refractivity contribution is 5.73. The first-order valence-electron chi connectivity index (χ1n) is 9.86. The fourth-order valence-corrected chi connectivity index (χ4v) is 3.92. The fraction of sp³-hybridized carbons (Fsp3) is 0.524. The van der Waals surface area contributed by atoms with Crippen molar-refractivity contribution in [3.8, 4) is 17.0 Å². The number of para-hydroxylation sites is 1. The molecule has 1 N–H and O–H groups in total. The summed E-state index contributed by atoms with van der Waals surface area (Å²) in [5.74, 6) is -1.18. The Kier molecular flexibility index (Phi) is 6.12. The summed E-state index contributed by atoms with van der Waals surface area (Å²) < 4.78 is 40.7. The van der Waals surface area contributed by atoms with Crippen molar-refractivity contribution in [2.45, 2.75) is 45.0 Å². The van der Waals surface area contributed by atoms with Crippen LogP contribution in [-0.2, 0) is 16.9 Å². The molecule has 0 radical (unpaired) electrons. The second-order valence-electron chi connectivity index (χ2n) is 8.19. The van der Waals surface area contributed by atoms with Crippen LogP contribution in [0.15, 0.2) is 30.6 Å². The van der Waals surface area contributed by atoms with E-state index < -0.39 is 12.1 Å². The number of halogens is 3. The van der Waals surface area contributed by atoms with Gasteiger partial charge in [0.2, 0.25) is 0 Å². The molecule has 164 valence electrons. The van der Waals surface area contributed by atoms with Crippen molar-refractivity contribution in [2.75, 3.05) is 20.1 Å². The molecule has 0 atom stereocenters. The molecule has 0 aliphatic carbocycles. The van der Waals surface area contributed by atoms with E-state index in [1.54, 1.807) is 0 Å². The van der Waals surface area contributed by atoms with Gasteiger partial charge in [0.05, 0.1) is 17.7 Å². The number of rotatable bonds is 2. The van der Waals surface area contributed by atoms with E-state index in [1.165, 1.54) is 5.69 Å². The third-order valence-corrected chi connectivity index (χ3v) is 5.32. The van der Waals surface area contributed by atoms with E-state index in [9.17, 15) is 13.2 Å². The van der Waals surface area contributed by atoms with E-state index in [4.69, 9.17) is 19.6 Å². The van der Waals surface area contributed by atoms with Crippen LogP contribution in [0.5, 0.6) is 5.75 Å². The van der Waals surface area contributed by atoms with Crippen LogP contribution in [0.3, 0.4) is 0 Å². The van der Waals surface area contributed by atoms with Gasteiger partial charge in [-0.2, -0.15) is 13.2 Å². The number of fused-ring (bicyclic) bond motifs is 4. The minimum Gasteiger partial charge on any atom is -0.480 e. The SMILES string of the molecule is CC(C)Cn1cnc2c1C1(CCN(C)CC1)Oc1ccccc1-2.O=C(O)C(F)(F)F. The standard InChI is InChI=1S/C19H25N3O.C2HF3O2/c1-14(2)12-22-13-20-17-15-6-4-5-7-16(15)23-19(18(17)22)8-10-21(3)11-9-19;3-2(4,5)1(6)7/h4-7,13-14H,8-12H2,1-3H3;(H,6,7). The number of carboxylic acids is 1. The lowest BCUT2D eigenvalue weighted by Crippen LogP contribution is -2.47. The summed E-state index contributed by atoms with van der Waals surface area (Å²) in [7, 11) is 2.19. The number of hydrogen-bond acceptors (Lipinski definition) is 4. The lowest BCUT2D eigenvalue weighted by molar-refractivity contribution is -0.192. The highest BCUT2D eigenvalue weighted by Crippen LogP contribution is 2.48. The van der Waals surface area contributed by atoms with Crippen LogP contribution < -0.4 is 4.74 Å². The largest absolute Gasteiger partial charge is 0.490 e. The van der Waals surface area contributed by atoms with Crippen LogP contribution in [-0.4, -0.2) is 51.8 Å². The number of benzene rings is 1. The van der Waals surface area contributed by atoms with Gasteiger partial charge >= 0.3 is 12.1 Å². The Morgan fingerprint density at radius 1 is 1.27 bits per heavy atom. The van der Waals surface area contributed by atoms with Crippen molar-refractivity contribution in [1.82, 2.24) is 14.5 Å². The van der Waals surface area contributed by atoms with Gasteiger partial charge in [-0.25, -0.2) is 9.78 Å². The predicted octanol–water partition coefficient (Wildman–Crippen LogP) is 4.15. The van der Waals surface area contributed by atoms with E-state index in [0.717, 1.165) is 49.5 Å². The highest BCUT2D eigenvalue weighted by atomic mass is 19.4. The molecule has 2 aliphatic rings. The molecular weight excluding hydrogens is 399 g/mol. The Hall–Kier alpha value is -2.55. The van der Waals surface area contributed by atoms with Crippen LogP contribution >= 0.6 is 0 Å². The fourth-order valence-electron chi connectivity index (χ4n) is 3.92. The molecule has 6 nitrogen and oxygen atoms in total. The maximum absolute atomic E-state index is 10.6. The van der Waals surface area contributed by atoms with Crippen LogP contribution in [0.4, 0.5) is 13.2 Å². The van der Waals surface area contributed by atoms with Gasteiger partial charge < -0.3 is 19.3 Å². The summed E-state index contributed by atoms with van der Waals surface area (Å²) in [5, 5.41) is 7.12. The van der Waals surface area contributed by atoms with Gasteiger partial charge in [0, 0.05) is 38.0 Å². The number of ether oxygens (including phenoxy) is 1.